The second-order valence-electron chi connectivity index (χ2n) is 7.09. The van der Waals surface area contributed by atoms with Crippen molar-refractivity contribution in [3.05, 3.63) is 24.3 Å². The van der Waals surface area contributed by atoms with Gasteiger partial charge in [0.2, 0.25) is 5.91 Å². The van der Waals surface area contributed by atoms with Crippen LogP contribution in [0, 0.1) is 0 Å². The van der Waals surface area contributed by atoms with E-state index in [0.717, 1.165) is 30.9 Å². The smallest absolute Gasteiger partial charge is 0.242 e. The molecule has 0 spiro atoms. The molecule has 1 fully saturated rings. The Bertz CT molecular complexity index is 630. The second kappa shape index (κ2) is 12.1. The van der Waals surface area contributed by atoms with Crippen LogP contribution in [0.1, 0.15) is 46.0 Å². The third kappa shape index (κ3) is 8.06. The average Bonchev–Trinajstić information content (AvgIpc) is 2.71. The van der Waals surface area contributed by atoms with Crippen LogP contribution in [0.25, 0.3) is 0 Å². The maximum atomic E-state index is 12.1. The summed E-state index contributed by atoms with van der Waals surface area (Å²) in [6.45, 7) is 5.38. The molecular weight excluding hydrogens is 356 g/mol. The van der Waals surface area contributed by atoms with Gasteiger partial charge < -0.3 is 25.4 Å². The lowest BCUT2D eigenvalue weighted by molar-refractivity contribution is -0.120. The van der Waals surface area contributed by atoms with Crippen LogP contribution in [-0.2, 0) is 4.79 Å². The fourth-order valence-corrected chi connectivity index (χ4v) is 3.20. The molecule has 7 heteroatoms. The predicted octanol–water partition coefficient (Wildman–Crippen LogP) is 2.47. The first-order valence-corrected chi connectivity index (χ1v) is 10.2. The van der Waals surface area contributed by atoms with Gasteiger partial charge in [0.25, 0.3) is 0 Å². The fourth-order valence-electron chi connectivity index (χ4n) is 3.20. The van der Waals surface area contributed by atoms with E-state index in [1.807, 2.05) is 38.1 Å². The number of rotatable bonds is 9. The summed E-state index contributed by atoms with van der Waals surface area (Å²) in [5, 5.41) is 9.48. The quantitative estimate of drug-likeness (QED) is 0.446. The lowest BCUT2D eigenvalue weighted by atomic mass is 9.95. The van der Waals surface area contributed by atoms with Crippen LogP contribution in [0.2, 0.25) is 0 Å². The predicted molar refractivity (Wildman–Crippen MR) is 112 cm³/mol. The molecule has 1 aliphatic rings. The Morgan fingerprint density at radius 2 is 1.96 bits per heavy atom. The highest BCUT2D eigenvalue weighted by Gasteiger charge is 2.15. The number of nitrogens with one attached hydrogen (secondary N) is 3. The zero-order valence-electron chi connectivity index (χ0n) is 17.3. The Morgan fingerprint density at radius 3 is 2.68 bits per heavy atom. The van der Waals surface area contributed by atoms with Gasteiger partial charge in [-0.2, -0.15) is 0 Å². The van der Waals surface area contributed by atoms with Crippen molar-refractivity contribution in [1.82, 2.24) is 16.0 Å². The van der Waals surface area contributed by atoms with Gasteiger partial charge in [0.05, 0.1) is 13.7 Å². The second-order valence-corrected chi connectivity index (χ2v) is 7.09. The number of ether oxygens (including phenoxy) is 2. The highest BCUT2D eigenvalue weighted by atomic mass is 16.5. The van der Waals surface area contributed by atoms with Crippen molar-refractivity contribution in [3.8, 4) is 11.5 Å². The molecule has 1 saturated carbocycles. The Hall–Kier alpha value is -2.44. The van der Waals surface area contributed by atoms with Crippen molar-refractivity contribution in [2.24, 2.45) is 4.99 Å². The Kier molecular flexibility index (Phi) is 9.45. The summed E-state index contributed by atoms with van der Waals surface area (Å²) in [6.07, 6.45) is 5.74. The van der Waals surface area contributed by atoms with E-state index in [4.69, 9.17) is 9.47 Å². The summed E-state index contributed by atoms with van der Waals surface area (Å²) in [5.74, 6) is 2.10. The van der Waals surface area contributed by atoms with E-state index in [9.17, 15) is 4.79 Å². The molecule has 28 heavy (non-hydrogen) atoms. The van der Waals surface area contributed by atoms with E-state index < -0.39 is 0 Å². The van der Waals surface area contributed by atoms with E-state index in [-0.39, 0.29) is 18.6 Å². The molecule has 156 valence electrons. The van der Waals surface area contributed by atoms with Crippen LogP contribution in [0.4, 0.5) is 0 Å². The number of aliphatic imine (C=N–C) groups is 1. The lowest BCUT2D eigenvalue weighted by Gasteiger charge is -2.22. The summed E-state index contributed by atoms with van der Waals surface area (Å²) in [4.78, 5) is 16.5. The first kappa shape index (κ1) is 21.9. The minimum Gasteiger partial charge on any atom is -0.497 e. The molecule has 1 aliphatic carbocycles. The molecule has 0 aliphatic heterocycles. The number of hydrogen-bond acceptors (Lipinski definition) is 4. The number of carbonyl (C=O) groups is 1. The van der Waals surface area contributed by atoms with Gasteiger partial charge in [-0.3, -0.25) is 4.79 Å². The van der Waals surface area contributed by atoms with Crippen molar-refractivity contribution in [2.45, 2.75) is 58.1 Å². The molecule has 1 aromatic carbocycles. The number of amides is 1. The molecule has 0 radical (unpaired) electrons. The molecule has 1 atom stereocenters. The number of guanidine groups is 1. The van der Waals surface area contributed by atoms with Crippen LogP contribution in [-0.4, -0.2) is 50.8 Å². The molecule has 3 N–H and O–H groups in total. The first-order valence-electron chi connectivity index (χ1n) is 10.2. The highest BCUT2D eigenvalue weighted by molar-refractivity contribution is 5.85. The Morgan fingerprint density at radius 1 is 1.21 bits per heavy atom. The van der Waals surface area contributed by atoms with E-state index in [0.29, 0.717) is 18.5 Å². The summed E-state index contributed by atoms with van der Waals surface area (Å²) in [7, 11) is 1.63. The maximum Gasteiger partial charge on any atom is 0.242 e. The van der Waals surface area contributed by atoms with Crippen molar-refractivity contribution in [3.63, 3.8) is 0 Å². The molecule has 0 heterocycles. The summed E-state index contributed by atoms with van der Waals surface area (Å²) in [5.41, 5.74) is 0. The van der Waals surface area contributed by atoms with Gasteiger partial charge in [-0.25, -0.2) is 4.99 Å². The maximum absolute atomic E-state index is 12.1. The largest absolute Gasteiger partial charge is 0.497 e. The number of methoxy groups -OCH3 is 1. The molecule has 1 amide bonds. The van der Waals surface area contributed by atoms with E-state index in [1.165, 1.54) is 19.3 Å². The summed E-state index contributed by atoms with van der Waals surface area (Å²) < 4.78 is 11.1. The van der Waals surface area contributed by atoms with Crippen molar-refractivity contribution in [1.29, 1.82) is 0 Å². The third-order valence-electron chi connectivity index (χ3n) is 4.63. The topological polar surface area (TPSA) is 84.0 Å². The Balaban J connectivity index is 1.78. The summed E-state index contributed by atoms with van der Waals surface area (Å²) in [6, 6.07) is 7.83. The molecule has 2 rings (SSSR count). The number of carbonyl (C=O) groups excluding carboxylic acids is 1. The standard InChI is InChI=1S/C21H34N4O3/c1-4-22-21(24-15-20(26)25-17-9-6-5-7-10-17)23-14-16(2)28-19-12-8-11-18(13-19)27-3/h8,11-13,16-17H,4-7,9-10,14-15H2,1-3H3,(H,25,26)(H2,22,23,24). The van der Waals surface area contributed by atoms with E-state index in [2.05, 4.69) is 20.9 Å². The van der Waals surface area contributed by atoms with Gasteiger partial charge in [-0.1, -0.05) is 25.3 Å². The van der Waals surface area contributed by atoms with Crippen molar-refractivity contribution < 1.29 is 14.3 Å². The first-order chi connectivity index (χ1) is 13.6. The van der Waals surface area contributed by atoms with Gasteiger partial charge >= 0.3 is 0 Å². The van der Waals surface area contributed by atoms with Crippen LogP contribution < -0.4 is 25.4 Å². The fraction of sp³-hybridized carbons (Fsp3) is 0.619. The highest BCUT2D eigenvalue weighted by Crippen LogP contribution is 2.19. The van der Waals surface area contributed by atoms with Crippen molar-refractivity contribution >= 4 is 11.9 Å². The van der Waals surface area contributed by atoms with E-state index >= 15 is 0 Å². The lowest BCUT2D eigenvalue weighted by Crippen LogP contribution is -2.43. The van der Waals surface area contributed by atoms with Crippen LogP contribution >= 0.6 is 0 Å². The van der Waals surface area contributed by atoms with Crippen LogP contribution in [0.3, 0.4) is 0 Å². The number of benzene rings is 1. The van der Waals surface area contributed by atoms with Crippen LogP contribution in [0.15, 0.2) is 29.3 Å². The molecule has 0 saturated heterocycles. The van der Waals surface area contributed by atoms with Gasteiger partial charge in [0.15, 0.2) is 5.96 Å². The van der Waals surface area contributed by atoms with Gasteiger partial charge in [0, 0.05) is 18.7 Å². The van der Waals surface area contributed by atoms with Crippen molar-refractivity contribution in [2.75, 3.05) is 26.7 Å². The van der Waals surface area contributed by atoms with Crippen LogP contribution in [0.5, 0.6) is 11.5 Å². The molecule has 0 aromatic heterocycles. The number of nitrogens with zero attached hydrogens (tertiary/aromatic N) is 1. The minimum atomic E-state index is -0.0768. The zero-order chi connectivity index (χ0) is 20.2. The van der Waals surface area contributed by atoms with Gasteiger partial charge in [-0.05, 0) is 38.8 Å². The normalized spacial score (nSPS) is 16.2. The monoisotopic (exact) mass is 390 g/mol. The SMILES string of the molecule is CCNC(=NCC(=O)NC1CCCCC1)NCC(C)Oc1cccc(OC)c1. The number of hydrogen-bond donors (Lipinski definition) is 3. The average molecular weight is 391 g/mol. The zero-order valence-corrected chi connectivity index (χ0v) is 17.3. The molecule has 1 aromatic rings. The molecule has 7 nitrogen and oxygen atoms in total. The van der Waals surface area contributed by atoms with Gasteiger partial charge in [0.1, 0.15) is 24.1 Å². The summed E-state index contributed by atoms with van der Waals surface area (Å²) >= 11 is 0. The van der Waals surface area contributed by atoms with E-state index in [1.54, 1.807) is 7.11 Å². The van der Waals surface area contributed by atoms with Gasteiger partial charge in [-0.15, -0.1) is 0 Å². The third-order valence-corrected chi connectivity index (χ3v) is 4.63. The molecule has 0 bridgehead atoms. The minimum absolute atomic E-state index is 0.0233. The molecular formula is C21H34N4O3. The Labute approximate surface area is 168 Å². The molecule has 1 unspecified atom stereocenters.